The van der Waals surface area contributed by atoms with E-state index in [1.54, 1.807) is 0 Å². The van der Waals surface area contributed by atoms with Gasteiger partial charge in [-0.25, -0.2) is 0 Å². The Labute approximate surface area is 310 Å². The van der Waals surface area contributed by atoms with Crippen LogP contribution in [-0.2, 0) is 0 Å². The van der Waals surface area contributed by atoms with E-state index in [2.05, 4.69) is 193 Å². The molecule has 11 aromatic rings. The van der Waals surface area contributed by atoms with Crippen molar-refractivity contribution in [2.24, 2.45) is 0 Å². The van der Waals surface area contributed by atoms with Crippen LogP contribution in [0.2, 0.25) is 0 Å². The highest BCUT2D eigenvalue weighted by Gasteiger charge is 2.21. The van der Waals surface area contributed by atoms with Crippen LogP contribution < -0.4 is 4.90 Å². The van der Waals surface area contributed by atoms with Crippen LogP contribution in [-0.4, -0.2) is 0 Å². The van der Waals surface area contributed by atoms with Crippen LogP contribution in [0.1, 0.15) is 0 Å². The van der Waals surface area contributed by atoms with Crippen molar-refractivity contribution in [3.8, 4) is 22.3 Å². The highest BCUT2D eigenvalue weighted by molar-refractivity contribution is 7.26. The lowest BCUT2D eigenvalue weighted by Crippen LogP contribution is -2.10. The molecule has 0 N–H and O–H groups in total. The van der Waals surface area contributed by atoms with Crippen molar-refractivity contribution in [1.29, 1.82) is 0 Å². The van der Waals surface area contributed by atoms with Crippen molar-refractivity contribution in [3.63, 3.8) is 0 Å². The van der Waals surface area contributed by atoms with Gasteiger partial charge in [0.1, 0.15) is 5.58 Å². The van der Waals surface area contributed by atoms with E-state index in [-0.39, 0.29) is 0 Å². The zero-order chi connectivity index (χ0) is 34.9. The van der Waals surface area contributed by atoms with Gasteiger partial charge < -0.3 is 9.32 Å². The van der Waals surface area contributed by atoms with Gasteiger partial charge in [-0.2, -0.15) is 0 Å². The molecule has 2 aromatic heterocycles. The van der Waals surface area contributed by atoms with E-state index in [9.17, 15) is 0 Å². The molecule has 0 aliphatic heterocycles. The van der Waals surface area contributed by atoms with E-state index in [4.69, 9.17) is 4.42 Å². The van der Waals surface area contributed by atoms with Gasteiger partial charge >= 0.3 is 0 Å². The molecule has 2 heterocycles. The number of fused-ring (bicyclic) bond motifs is 10. The summed E-state index contributed by atoms with van der Waals surface area (Å²) >= 11 is 1.88. The highest BCUT2D eigenvalue weighted by atomic mass is 32.1. The number of nitrogens with zero attached hydrogens (tertiary/aromatic N) is 1. The molecular formula is C50H31NOS. The maximum absolute atomic E-state index is 6.87. The molecule has 0 aliphatic carbocycles. The number of hydrogen-bond donors (Lipinski definition) is 0. The summed E-state index contributed by atoms with van der Waals surface area (Å²) in [5.74, 6) is 0. The molecular weight excluding hydrogens is 663 g/mol. The van der Waals surface area contributed by atoms with Crippen LogP contribution in [0.4, 0.5) is 17.1 Å². The number of para-hydroxylation sites is 1. The van der Waals surface area contributed by atoms with Crippen LogP contribution in [0.15, 0.2) is 192 Å². The van der Waals surface area contributed by atoms with Gasteiger partial charge in [0.25, 0.3) is 0 Å². The Morgan fingerprint density at radius 2 is 0.962 bits per heavy atom. The first-order chi connectivity index (χ1) is 26.3. The Bertz CT molecular complexity index is 3150. The monoisotopic (exact) mass is 693 g/mol. The fourth-order valence-electron chi connectivity index (χ4n) is 8.13. The molecule has 0 spiro atoms. The minimum atomic E-state index is 0.873. The van der Waals surface area contributed by atoms with E-state index >= 15 is 0 Å². The Morgan fingerprint density at radius 1 is 0.377 bits per heavy atom. The van der Waals surface area contributed by atoms with Crippen molar-refractivity contribution in [2.45, 2.75) is 0 Å². The largest absolute Gasteiger partial charge is 0.453 e. The van der Waals surface area contributed by atoms with E-state index in [1.165, 1.54) is 58.6 Å². The fourth-order valence-corrected chi connectivity index (χ4v) is 9.39. The summed E-state index contributed by atoms with van der Waals surface area (Å²) in [6.45, 7) is 0. The molecule has 0 atom stereocenters. The molecule has 0 aliphatic rings. The second-order valence-corrected chi connectivity index (χ2v) is 14.7. The van der Waals surface area contributed by atoms with Crippen molar-refractivity contribution < 1.29 is 4.42 Å². The molecule has 0 bridgehead atoms. The van der Waals surface area contributed by atoms with Gasteiger partial charge in [0.2, 0.25) is 0 Å². The van der Waals surface area contributed by atoms with Crippen molar-refractivity contribution in [1.82, 2.24) is 0 Å². The van der Waals surface area contributed by atoms with Crippen LogP contribution >= 0.6 is 11.3 Å². The number of thiophene rings is 1. The highest BCUT2D eigenvalue weighted by Crippen LogP contribution is 2.46. The van der Waals surface area contributed by atoms with Gasteiger partial charge in [-0.3, -0.25) is 0 Å². The lowest BCUT2D eigenvalue weighted by Gasteiger charge is -2.26. The van der Waals surface area contributed by atoms with E-state index in [0.717, 1.165) is 44.4 Å². The Balaban J connectivity index is 1.08. The molecule has 0 saturated heterocycles. The van der Waals surface area contributed by atoms with Crippen LogP contribution in [0.3, 0.4) is 0 Å². The zero-order valence-corrected chi connectivity index (χ0v) is 29.5. The van der Waals surface area contributed by atoms with Crippen LogP contribution in [0.25, 0.3) is 85.9 Å². The van der Waals surface area contributed by atoms with Gasteiger partial charge in [0.15, 0.2) is 5.58 Å². The standard InChI is InChI=1S/C50H31NOS/c1-2-10-32(11-3-1)33-20-26-37(27-21-33)51(45-19-9-17-42-43-30-24-35-13-5-7-15-40(35)48(43)52-49(42)45)38-28-22-36(23-29-38)41-16-8-18-44-47-39-14-6-4-12-34(39)25-31-46(47)53-50(41)44/h1-31H. The van der Waals surface area contributed by atoms with Gasteiger partial charge in [0, 0.05) is 47.7 Å². The van der Waals surface area contributed by atoms with Crippen LogP contribution in [0, 0.1) is 0 Å². The number of hydrogen-bond acceptors (Lipinski definition) is 3. The average Bonchev–Trinajstić information content (AvgIpc) is 3.82. The molecule has 0 amide bonds. The maximum atomic E-state index is 6.87. The number of rotatable bonds is 5. The molecule has 11 rings (SSSR count). The minimum absolute atomic E-state index is 0.873. The summed E-state index contributed by atoms with van der Waals surface area (Å²) < 4.78 is 9.51. The maximum Gasteiger partial charge on any atom is 0.159 e. The summed E-state index contributed by atoms with van der Waals surface area (Å²) in [6.07, 6.45) is 0. The smallest absolute Gasteiger partial charge is 0.159 e. The number of furan rings is 1. The lowest BCUT2D eigenvalue weighted by atomic mass is 9.99. The summed E-state index contributed by atoms with van der Waals surface area (Å²) in [7, 11) is 0. The normalized spacial score (nSPS) is 11.8. The van der Waals surface area contributed by atoms with Crippen LogP contribution in [0.5, 0.6) is 0 Å². The summed E-state index contributed by atoms with van der Waals surface area (Å²) in [6, 6.07) is 67.7. The first kappa shape index (κ1) is 30.0. The zero-order valence-electron chi connectivity index (χ0n) is 28.7. The summed E-state index contributed by atoms with van der Waals surface area (Å²) in [4.78, 5) is 2.33. The first-order valence-electron chi connectivity index (χ1n) is 18.0. The summed E-state index contributed by atoms with van der Waals surface area (Å²) in [5, 5.41) is 9.77. The van der Waals surface area contributed by atoms with Gasteiger partial charge in [-0.15, -0.1) is 11.3 Å². The summed E-state index contributed by atoms with van der Waals surface area (Å²) in [5.41, 5.74) is 9.75. The first-order valence-corrected chi connectivity index (χ1v) is 18.8. The SMILES string of the molecule is c1ccc(-c2ccc(N(c3ccc(-c4cccc5c4sc4ccc6ccccc6c45)cc3)c3cccc4c3oc3c5ccccc5ccc43)cc2)cc1. The Morgan fingerprint density at radius 3 is 1.75 bits per heavy atom. The number of benzene rings is 9. The molecule has 0 radical (unpaired) electrons. The van der Waals surface area contributed by atoms with E-state index in [1.807, 2.05) is 11.3 Å². The molecule has 0 saturated carbocycles. The van der Waals surface area contributed by atoms with Crippen molar-refractivity contribution in [3.05, 3.63) is 188 Å². The quantitative estimate of drug-likeness (QED) is 0.178. The Hall–Kier alpha value is -6.68. The van der Waals surface area contributed by atoms with E-state index in [0.29, 0.717) is 0 Å². The molecule has 0 unspecified atom stereocenters. The molecule has 9 aromatic carbocycles. The Kier molecular flexibility index (Phi) is 6.76. The minimum Gasteiger partial charge on any atom is -0.453 e. The average molecular weight is 694 g/mol. The lowest BCUT2D eigenvalue weighted by molar-refractivity contribution is 0.673. The van der Waals surface area contributed by atoms with Crippen molar-refractivity contribution >= 4 is 92.1 Å². The second kappa shape index (κ2) is 11.9. The third-order valence-electron chi connectivity index (χ3n) is 10.7. The van der Waals surface area contributed by atoms with Crippen molar-refractivity contribution in [2.75, 3.05) is 4.90 Å². The molecule has 53 heavy (non-hydrogen) atoms. The van der Waals surface area contributed by atoms with Gasteiger partial charge in [0.05, 0.1) is 5.69 Å². The van der Waals surface area contributed by atoms with Gasteiger partial charge in [-0.05, 0) is 80.9 Å². The predicted octanol–water partition coefficient (Wildman–Crippen LogP) is 15.1. The molecule has 248 valence electrons. The molecule has 0 fully saturated rings. The van der Waals surface area contributed by atoms with E-state index < -0.39 is 0 Å². The molecule has 2 nitrogen and oxygen atoms in total. The number of anilines is 3. The fraction of sp³-hybridized carbons (Fsp3) is 0. The third-order valence-corrected chi connectivity index (χ3v) is 11.9. The second-order valence-electron chi connectivity index (χ2n) is 13.7. The topological polar surface area (TPSA) is 16.4 Å². The third kappa shape index (κ3) is 4.78. The molecule has 3 heteroatoms. The van der Waals surface area contributed by atoms with Gasteiger partial charge in [-0.1, -0.05) is 146 Å². The predicted molar refractivity (Wildman–Crippen MR) is 227 cm³/mol.